The second kappa shape index (κ2) is 9.08. The van der Waals surface area contributed by atoms with Gasteiger partial charge < -0.3 is 4.74 Å². The van der Waals surface area contributed by atoms with Crippen molar-refractivity contribution in [3.05, 3.63) is 54.8 Å². The Hall–Kier alpha value is -2.03. The lowest BCUT2D eigenvalue weighted by Crippen LogP contribution is -2.33. The Morgan fingerprint density at radius 1 is 1.18 bits per heavy atom. The van der Waals surface area contributed by atoms with Crippen LogP contribution in [0.3, 0.4) is 0 Å². The molecule has 22 heavy (non-hydrogen) atoms. The predicted octanol–water partition coefficient (Wildman–Crippen LogP) is 5.69. The zero-order valence-corrected chi connectivity index (χ0v) is 14.1. The van der Waals surface area contributed by atoms with Crippen molar-refractivity contribution in [1.29, 1.82) is 0 Å². The molecule has 0 aliphatic rings. The molecule has 0 aliphatic heterocycles. The number of nitrogens with zero attached hydrogens (tertiary/aromatic N) is 1. The highest BCUT2D eigenvalue weighted by Gasteiger charge is 2.21. The Bertz CT molecular complexity index is 498. The molecular weight excluding hydrogens is 274 g/mol. The Morgan fingerprint density at radius 2 is 1.86 bits per heavy atom. The molecule has 0 aromatic heterocycles. The summed E-state index contributed by atoms with van der Waals surface area (Å²) >= 11 is 0. The molecule has 3 heteroatoms. The van der Waals surface area contributed by atoms with Crippen LogP contribution in [-0.2, 0) is 4.74 Å². The van der Waals surface area contributed by atoms with Crippen molar-refractivity contribution in [2.24, 2.45) is 0 Å². The highest BCUT2D eigenvalue weighted by Crippen LogP contribution is 2.18. The summed E-state index contributed by atoms with van der Waals surface area (Å²) < 4.78 is 5.46. The number of amides is 1. The van der Waals surface area contributed by atoms with Crippen molar-refractivity contribution < 1.29 is 9.53 Å². The third kappa shape index (κ3) is 7.11. The zero-order valence-electron chi connectivity index (χ0n) is 14.1. The average molecular weight is 301 g/mol. The van der Waals surface area contributed by atoms with E-state index in [9.17, 15) is 4.79 Å². The van der Waals surface area contributed by atoms with E-state index >= 15 is 0 Å². The topological polar surface area (TPSA) is 29.5 Å². The first-order valence-corrected chi connectivity index (χ1v) is 7.84. The van der Waals surface area contributed by atoms with Crippen molar-refractivity contribution in [2.75, 3.05) is 4.90 Å². The number of ether oxygens (including phenoxy) is 1. The second-order valence-electron chi connectivity index (χ2n) is 6.10. The molecule has 0 spiro atoms. The summed E-state index contributed by atoms with van der Waals surface area (Å²) in [5.74, 6) is 0. The van der Waals surface area contributed by atoms with E-state index in [1.807, 2.05) is 63.3 Å². The molecule has 0 saturated heterocycles. The summed E-state index contributed by atoms with van der Waals surface area (Å²) in [6.07, 6.45) is 10.7. The van der Waals surface area contributed by atoms with Crippen molar-refractivity contribution in [2.45, 2.75) is 52.6 Å². The minimum absolute atomic E-state index is 0.378. The summed E-state index contributed by atoms with van der Waals surface area (Å²) in [4.78, 5) is 13.9. The first-order chi connectivity index (χ1) is 10.4. The molecule has 0 unspecified atom stereocenters. The van der Waals surface area contributed by atoms with Crippen LogP contribution < -0.4 is 4.90 Å². The molecule has 3 nitrogen and oxygen atoms in total. The van der Waals surface area contributed by atoms with E-state index in [1.165, 1.54) is 17.7 Å². The highest BCUT2D eigenvalue weighted by molar-refractivity contribution is 5.89. The van der Waals surface area contributed by atoms with Gasteiger partial charge in [0.15, 0.2) is 0 Å². The van der Waals surface area contributed by atoms with Gasteiger partial charge in [-0.15, -0.1) is 0 Å². The van der Waals surface area contributed by atoms with Gasteiger partial charge in [0.05, 0.1) is 5.69 Å². The van der Waals surface area contributed by atoms with Crippen molar-refractivity contribution >= 4 is 11.8 Å². The maximum atomic E-state index is 12.4. The van der Waals surface area contributed by atoms with Gasteiger partial charge in [-0.3, -0.25) is 4.90 Å². The van der Waals surface area contributed by atoms with E-state index in [-0.39, 0.29) is 6.09 Å². The van der Waals surface area contributed by atoms with Gasteiger partial charge >= 0.3 is 6.09 Å². The van der Waals surface area contributed by atoms with Crippen LogP contribution >= 0.6 is 0 Å². The predicted molar refractivity (Wildman–Crippen MR) is 93.0 cm³/mol. The van der Waals surface area contributed by atoms with Crippen LogP contribution in [0.2, 0.25) is 0 Å². The first kappa shape index (κ1) is 18.0. The summed E-state index contributed by atoms with van der Waals surface area (Å²) in [6.45, 7) is 7.76. The monoisotopic (exact) mass is 301 g/mol. The van der Waals surface area contributed by atoms with Gasteiger partial charge in [0.2, 0.25) is 0 Å². The first-order valence-electron chi connectivity index (χ1n) is 7.84. The van der Waals surface area contributed by atoms with Crippen LogP contribution in [-0.4, -0.2) is 11.7 Å². The number of unbranched alkanes of at least 4 members (excludes halogenated alkanes) is 2. The van der Waals surface area contributed by atoms with E-state index < -0.39 is 5.60 Å². The normalized spacial score (nSPS) is 12.0. The number of carbonyl (C=O) groups excluding carboxylic acids is 1. The molecule has 0 radical (unpaired) electrons. The lowest BCUT2D eigenvalue weighted by Gasteiger charge is -2.25. The number of benzene rings is 1. The number of hydrogen-bond acceptors (Lipinski definition) is 2. The number of para-hydroxylation sites is 1. The molecule has 0 bridgehead atoms. The molecule has 0 heterocycles. The molecule has 1 aromatic carbocycles. The fraction of sp³-hybridized carbons (Fsp3) is 0.421. The maximum absolute atomic E-state index is 12.4. The lowest BCUT2D eigenvalue weighted by atomic mass is 10.2. The van der Waals surface area contributed by atoms with Gasteiger partial charge in [0, 0.05) is 6.20 Å². The van der Waals surface area contributed by atoms with Crippen LogP contribution in [0.4, 0.5) is 10.5 Å². The van der Waals surface area contributed by atoms with E-state index in [0.29, 0.717) is 0 Å². The maximum Gasteiger partial charge on any atom is 0.418 e. The van der Waals surface area contributed by atoms with E-state index in [4.69, 9.17) is 4.74 Å². The van der Waals surface area contributed by atoms with Crippen molar-refractivity contribution in [3.63, 3.8) is 0 Å². The van der Waals surface area contributed by atoms with Crippen molar-refractivity contribution in [3.8, 4) is 0 Å². The molecule has 0 fully saturated rings. The molecule has 0 atom stereocenters. The number of rotatable bonds is 6. The molecule has 0 saturated carbocycles. The van der Waals surface area contributed by atoms with Crippen LogP contribution in [0.25, 0.3) is 0 Å². The number of hydrogen-bond donors (Lipinski definition) is 0. The zero-order chi connectivity index (χ0) is 16.4. The van der Waals surface area contributed by atoms with E-state index in [2.05, 4.69) is 13.0 Å². The lowest BCUT2D eigenvalue weighted by molar-refractivity contribution is 0.0596. The Balaban J connectivity index is 2.81. The SMILES string of the molecule is CCCC/C=C/C=C/N(C(=O)OC(C)(C)C)c1ccccc1. The van der Waals surface area contributed by atoms with E-state index in [0.717, 1.165) is 12.1 Å². The fourth-order valence-electron chi connectivity index (χ4n) is 1.78. The summed E-state index contributed by atoms with van der Waals surface area (Å²) in [7, 11) is 0. The average Bonchev–Trinajstić information content (AvgIpc) is 2.45. The molecule has 120 valence electrons. The van der Waals surface area contributed by atoms with Gasteiger partial charge in [-0.2, -0.15) is 0 Å². The number of anilines is 1. The van der Waals surface area contributed by atoms with Crippen LogP contribution in [0.1, 0.15) is 47.0 Å². The fourth-order valence-corrected chi connectivity index (χ4v) is 1.78. The van der Waals surface area contributed by atoms with Gasteiger partial charge in [0.25, 0.3) is 0 Å². The quantitative estimate of drug-likeness (QED) is 0.499. The molecule has 1 amide bonds. The highest BCUT2D eigenvalue weighted by atomic mass is 16.6. The minimum atomic E-state index is -0.519. The van der Waals surface area contributed by atoms with E-state index in [1.54, 1.807) is 6.20 Å². The molecule has 0 N–H and O–H groups in total. The van der Waals surface area contributed by atoms with Gasteiger partial charge in [-0.05, 0) is 45.4 Å². The van der Waals surface area contributed by atoms with Gasteiger partial charge in [0.1, 0.15) is 5.60 Å². The summed E-state index contributed by atoms with van der Waals surface area (Å²) in [5.41, 5.74) is 0.268. The Kier molecular flexibility index (Phi) is 7.44. The van der Waals surface area contributed by atoms with Gasteiger partial charge in [-0.1, -0.05) is 50.1 Å². The Labute approximate surface area is 134 Å². The molecule has 1 rings (SSSR count). The number of allylic oxidation sites excluding steroid dienone is 3. The van der Waals surface area contributed by atoms with Gasteiger partial charge in [-0.25, -0.2) is 4.79 Å². The number of carbonyl (C=O) groups is 1. The minimum Gasteiger partial charge on any atom is -0.443 e. The molecule has 1 aromatic rings. The standard InChI is InChI=1S/C19H27NO2/c1-5-6-7-8-9-13-16-20(17-14-11-10-12-15-17)18(21)22-19(2,3)4/h8-16H,5-7H2,1-4H3/b9-8+,16-13+. The third-order valence-corrected chi connectivity index (χ3v) is 2.83. The summed E-state index contributed by atoms with van der Waals surface area (Å²) in [6, 6.07) is 9.49. The van der Waals surface area contributed by atoms with Crippen LogP contribution in [0.15, 0.2) is 54.8 Å². The van der Waals surface area contributed by atoms with Crippen molar-refractivity contribution in [1.82, 2.24) is 0 Å². The largest absolute Gasteiger partial charge is 0.443 e. The second-order valence-corrected chi connectivity index (χ2v) is 6.10. The summed E-state index contributed by atoms with van der Waals surface area (Å²) in [5, 5.41) is 0. The molecular formula is C19H27NO2. The third-order valence-electron chi connectivity index (χ3n) is 2.83. The molecule has 0 aliphatic carbocycles. The smallest absolute Gasteiger partial charge is 0.418 e. The van der Waals surface area contributed by atoms with Crippen LogP contribution in [0.5, 0.6) is 0 Å². The van der Waals surface area contributed by atoms with Crippen LogP contribution in [0, 0.1) is 0 Å². The Morgan fingerprint density at radius 3 is 2.45 bits per heavy atom.